The Morgan fingerprint density at radius 3 is 2.87 bits per heavy atom. The van der Waals surface area contributed by atoms with Gasteiger partial charge in [-0.25, -0.2) is 8.42 Å². The van der Waals surface area contributed by atoms with Crippen LogP contribution in [0, 0.1) is 12.8 Å². The van der Waals surface area contributed by atoms with E-state index in [1.54, 1.807) is 0 Å². The summed E-state index contributed by atoms with van der Waals surface area (Å²) in [5.74, 6) is -0.446. The van der Waals surface area contributed by atoms with Crippen LogP contribution >= 0.6 is 0 Å². The molecule has 0 aliphatic carbocycles. The molecule has 2 amide bonds. The fourth-order valence-corrected chi connectivity index (χ4v) is 5.43. The quantitative estimate of drug-likeness (QED) is 0.736. The van der Waals surface area contributed by atoms with Crippen LogP contribution in [0.5, 0.6) is 5.75 Å². The number of rotatable bonds is 5. The van der Waals surface area contributed by atoms with E-state index in [-0.39, 0.29) is 29.9 Å². The van der Waals surface area contributed by atoms with Crippen molar-refractivity contribution >= 4 is 27.5 Å². The van der Waals surface area contributed by atoms with Crippen LogP contribution in [0.1, 0.15) is 24.0 Å². The number of anilines is 1. The lowest BCUT2D eigenvalue weighted by Crippen LogP contribution is -2.45. The molecule has 2 aromatic rings. The van der Waals surface area contributed by atoms with Crippen molar-refractivity contribution in [1.82, 2.24) is 9.62 Å². The average Bonchev–Trinajstić information content (AvgIpc) is 2.78. The monoisotopic (exact) mass is 443 g/mol. The highest BCUT2D eigenvalue weighted by Crippen LogP contribution is 2.32. The van der Waals surface area contributed by atoms with Crippen molar-refractivity contribution in [2.45, 2.75) is 31.2 Å². The standard InChI is InChI=1S/C22H25N3O5S/c1-15-5-2-3-6-16(15)12-23-22(27)17-7-4-10-25(13-17)31(28,29)18-8-9-20-19(11-18)24-21(26)14-30-20/h2-3,5-6,8-9,11,17H,4,7,10,12-14H2,1H3,(H,23,27)(H,24,26). The van der Waals surface area contributed by atoms with E-state index >= 15 is 0 Å². The topological polar surface area (TPSA) is 105 Å². The molecule has 0 aromatic heterocycles. The van der Waals surface area contributed by atoms with Crippen LogP contribution in [0.25, 0.3) is 0 Å². The van der Waals surface area contributed by atoms with Gasteiger partial charge in [-0.15, -0.1) is 0 Å². The Morgan fingerprint density at radius 2 is 2.06 bits per heavy atom. The molecular formula is C22H25N3O5S. The second-order valence-electron chi connectivity index (χ2n) is 7.84. The first-order valence-corrected chi connectivity index (χ1v) is 11.7. The Kier molecular flexibility index (Phi) is 5.97. The van der Waals surface area contributed by atoms with Crippen molar-refractivity contribution in [2.24, 2.45) is 5.92 Å². The zero-order valence-electron chi connectivity index (χ0n) is 17.3. The SMILES string of the molecule is Cc1ccccc1CNC(=O)C1CCCN(S(=O)(=O)c2ccc3c(c2)NC(=O)CO3)C1. The molecule has 2 aromatic carbocycles. The van der Waals surface area contributed by atoms with Crippen molar-refractivity contribution in [3.63, 3.8) is 0 Å². The largest absolute Gasteiger partial charge is 0.482 e. The van der Waals surface area contributed by atoms with E-state index in [4.69, 9.17) is 4.74 Å². The molecular weight excluding hydrogens is 418 g/mol. The summed E-state index contributed by atoms with van der Waals surface area (Å²) in [4.78, 5) is 24.3. The fraction of sp³-hybridized carbons (Fsp3) is 0.364. The van der Waals surface area contributed by atoms with Crippen LogP contribution in [-0.4, -0.2) is 44.2 Å². The van der Waals surface area contributed by atoms with Gasteiger partial charge in [0.1, 0.15) is 5.75 Å². The minimum atomic E-state index is -3.81. The van der Waals surface area contributed by atoms with E-state index in [0.717, 1.165) is 11.1 Å². The number of hydrogen-bond acceptors (Lipinski definition) is 5. The van der Waals surface area contributed by atoms with Gasteiger partial charge in [0, 0.05) is 19.6 Å². The second-order valence-corrected chi connectivity index (χ2v) is 9.78. The third-order valence-electron chi connectivity index (χ3n) is 5.69. The van der Waals surface area contributed by atoms with Gasteiger partial charge in [0.05, 0.1) is 16.5 Å². The van der Waals surface area contributed by atoms with Gasteiger partial charge >= 0.3 is 0 Å². The summed E-state index contributed by atoms with van der Waals surface area (Å²) in [7, 11) is -3.81. The Hall–Kier alpha value is -2.91. The molecule has 2 heterocycles. The van der Waals surface area contributed by atoms with Gasteiger partial charge in [0.2, 0.25) is 15.9 Å². The maximum absolute atomic E-state index is 13.2. The number of hydrogen-bond donors (Lipinski definition) is 2. The maximum atomic E-state index is 13.2. The Labute approximate surface area is 181 Å². The van der Waals surface area contributed by atoms with Gasteiger partial charge < -0.3 is 15.4 Å². The minimum absolute atomic E-state index is 0.0676. The van der Waals surface area contributed by atoms with Crippen LogP contribution in [0.15, 0.2) is 47.4 Å². The van der Waals surface area contributed by atoms with Crippen LogP contribution in [0.4, 0.5) is 5.69 Å². The number of ether oxygens (including phenoxy) is 1. The summed E-state index contributed by atoms with van der Waals surface area (Å²) in [6, 6.07) is 12.2. The number of benzene rings is 2. The Bertz CT molecular complexity index is 1120. The predicted molar refractivity (Wildman–Crippen MR) is 115 cm³/mol. The molecule has 0 spiro atoms. The number of piperidine rings is 1. The molecule has 4 rings (SSSR count). The molecule has 1 atom stereocenters. The summed E-state index contributed by atoms with van der Waals surface area (Å²) in [5.41, 5.74) is 2.47. The van der Waals surface area contributed by atoms with E-state index in [9.17, 15) is 18.0 Å². The molecule has 1 fully saturated rings. The van der Waals surface area contributed by atoms with Crippen molar-refractivity contribution in [3.8, 4) is 5.75 Å². The first kappa shape index (κ1) is 21.3. The highest BCUT2D eigenvalue weighted by Gasteiger charge is 2.34. The number of nitrogens with one attached hydrogen (secondary N) is 2. The molecule has 164 valence electrons. The summed E-state index contributed by atoms with van der Waals surface area (Å²) < 4.78 is 33.0. The zero-order valence-corrected chi connectivity index (χ0v) is 18.1. The molecule has 0 radical (unpaired) electrons. The van der Waals surface area contributed by atoms with Gasteiger partial charge in [0.15, 0.2) is 6.61 Å². The number of nitrogens with zero attached hydrogens (tertiary/aromatic N) is 1. The van der Waals surface area contributed by atoms with Gasteiger partial charge in [-0.05, 0) is 49.1 Å². The third kappa shape index (κ3) is 4.57. The van der Waals surface area contributed by atoms with Crippen LogP contribution in [0.2, 0.25) is 0 Å². The number of carbonyl (C=O) groups excluding carboxylic acids is 2. The number of aryl methyl sites for hydroxylation is 1. The minimum Gasteiger partial charge on any atom is -0.482 e. The third-order valence-corrected chi connectivity index (χ3v) is 7.55. The highest BCUT2D eigenvalue weighted by atomic mass is 32.2. The summed E-state index contributed by atoms with van der Waals surface area (Å²) in [5, 5.41) is 5.57. The number of sulfonamides is 1. The van der Waals surface area contributed by atoms with Crippen LogP contribution < -0.4 is 15.4 Å². The number of fused-ring (bicyclic) bond motifs is 1. The lowest BCUT2D eigenvalue weighted by atomic mass is 9.98. The smallest absolute Gasteiger partial charge is 0.262 e. The first-order valence-electron chi connectivity index (χ1n) is 10.2. The molecule has 1 unspecified atom stereocenters. The van der Waals surface area contributed by atoms with Gasteiger partial charge in [0.25, 0.3) is 5.91 Å². The van der Waals surface area contributed by atoms with Crippen molar-refractivity contribution < 1.29 is 22.7 Å². The average molecular weight is 444 g/mol. The van der Waals surface area contributed by atoms with Gasteiger partial charge in [-0.2, -0.15) is 4.31 Å². The second kappa shape index (κ2) is 8.68. The number of amides is 2. The normalized spacial score (nSPS) is 19.1. The lowest BCUT2D eigenvalue weighted by Gasteiger charge is -2.31. The number of carbonyl (C=O) groups is 2. The van der Waals surface area contributed by atoms with Gasteiger partial charge in [-0.3, -0.25) is 9.59 Å². The molecule has 8 nitrogen and oxygen atoms in total. The maximum Gasteiger partial charge on any atom is 0.262 e. The lowest BCUT2D eigenvalue weighted by molar-refractivity contribution is -0.126. The molecule has 31 heavy (non-hydrogen) atoms. The molecule has 0 bridgehead atoms. The molecule has 9 heteroatoms. The van der Waals surface area contributed by atoms with Crippen LogP contribution in [-0.2, 0) is 26.2 Å². The summed E-state index contributed by atoms with van der Waals surface area (Å²) in [6.45, 7) is 2.79. The Morgan fingerprint density at radius 1 is 1.26 bits per heavy atom. The summed E-state index contributed by atoms with van der Waals surface area (Å²) >= 11 is 0. The van der Waals surface area contributed by atoms with Gasteiger partial charge in [-0.1, -0.05) is 24.3 Å². The van der Waals surface area contributed by atoms with E-state index in [1.807, 2.05) is 31.2 Å². The van der Waals surface area contributed by atoms with Crippen LogP contribution in [0.3, 0.4) is 0 Å². The molecule has 0 saturated carbocycles. The van der Waals surface area contributed by atoms with E-state index in [0.29, 0.717) is 37.4 Å². The fourth-order valence-electron chi connectivity index (χ4n) is 3.88. The molecule has 2 aliphatic rings. The summed E-state index contributed by atoms with van der Waals surface area (Å²) in [6.07, 6.45) is 1.24. The Balaban J connectivity index is 1.45. The molecule has 1 saturated heterocycles. The molecule has 2 aliphatic heterocycles. The molecule has 2 N–H and O–H groups in total. The van der Waals surface area contributed by atoms with Crippen molar-refractivity contribution in [1.29, 1.82) is 0 Å². The zero-order chi connectivity index (χ0) is 22.0. The predicted octanol–water partition coefficient (Wildman–Crippen LogP) is 2.04. The first-order chi connectivity index (χ1) is 14.8. The highest BCUT2D eigenvalue weighted by molar-refractivity contribution is 7.89. The van der Waals surface area contributed by atoms with E-state index in [1.165, 1.54) is 22.5 Å². The van der Waals surface area contributed by atoms with Crippen molar-refractivity contribution in [3.05, 3.63) is 53.6 Å². The van der Waals surface area contributed by atoms with E-state index < -0.39 is 15.9 Å². The van der Waals surface area contributed by atoms with E-state index in [2.05, 4.69) is 10.6 Å². The van der Waals surface area contributed by atoms with Crippen molar-refractivity contribution in [2.75, 3.05) is 25.0 Å².